The standard InChI is InChI=1S/C42H29N5/c1-42(2)36-11-7-6-10-30(36)31-15-14-29(22-37(31)42)47-39-17-13-27(21-34(39)35-23-44-25-45-41(35)47)26-12-16-38-33(20-26)32-18-19-43-24-40(32)46(38)28-8-4-3-5-9-28/h3-25H,1-2H3. The molecular weight excluding hydrogens is 574 g/mol. The summed E-state index contributed by atoms with van der Waals surface area (Å²) in [6.07, 6.45) is 7.43. The Hall–Kier alpha value is -6.07. The van der Waals surface area contributed by atoms with Crippen LogP contribution in [0.25, 0.3) is 77.4 Å². The number of nitrogens with zero attached hydrogens (tertiary/aromatic N) is 5. The zero-order valence-corrected chi connectivity index (χ0v) is 26.0. The molecule has 1 aliphatic rings. The lowest BCUT2D eigenvalue weighted by Gasteiger charge is -2.22. The minimum absolute atomic E-state index is 0.0822. The summed E-state index contributed by atoms with van der Waals surface area (Å²) in [5.41, 5.74) is 14.1. The Morgan fingerprint density at radius 1 is 0.511 bits per heavy atom. The molecule has 0 saturated carbocycles. The molecule has 0 aliphatic heterocycles. The van der Waals surface area contributed by atoms with Crippen LogP contribution in [0.1, 0.15) is 25.0 Å². The van der Waals surface area contributed by atoms with Gasteiger partial charge in [-0.15, -0.1) is 0 Å². The molecule has 4 heterocycles. The molecule has 222 valence electrons. The average Bonchev–Trinajstić information content (AvgIpc) is 3.71. The van der Waals surface area contributed by atoms with Crippen LogP contribution in [0, 0.1) is 0 Å². The number of rotatable bonds is 3. The van der Waals surface area contributed by atoms with Gasteiger partial charge in [-0.1, -0.05) is 74.5 Å². The highest BCUT2D eigenvalue weighted by atomic mass is 15.1. The van der Waals surface area contributed by atoms with E-state index in [0.29, 0.717) is 0 Å². The van der Waals surface area contributed by atoms with Crippen LogP contribution < -0.4 is 0 Å². The van der Waals surface area contributed by atoms with Gasteiger partial charge in [0.25, 0.3) is 0 Å². The van der Waals surface area contributed by atoms with E-state index in [4.69, 9.17) is 4.98 Å². The second kappa shape index (κ2) is 9.47. The number of hydrogen-bond acceptors (Lipinski definition) is 3. The Labute approximate surface area is 271 Å². The molecule has 0 spiro atoms. The third-order valence-corrected chi connectivity index (χ3v) is 10.2. The molecule has 5 heteroatoms. The summed E-state index contributed by atoms with van der Waals surface area (Å²) in [5, 5.41) is 4.57. The van der Waals surface area contributed by atoms with Gasteiger partial charge in [0.05, 0.1) is 22.7 Å². The van der Waals surface area contributed by atoms with E-state index in [1.54, 1.807) is 6.33 Å². The van der Waals surface area contributed by atoms with Crippen molar-refractivity contribution in [2.45, 2.75) is 19.3 Å². The molecule has 0 unspecified atom stereocenters. The molecular formula is C42H29N5. The predicted molar refractivity (Wildman–Crippen MR) is 192 cm³/mol. The lowest BCUT2D eigenvalue weighted by atomic mass is 9.82. The SMILES string of the molecule is CC1(C)c2ccccc2-c2ccc(-n3c4ccc(-c5ccc6c(c5)c5ccncc5n6-c5ccccc5)cc4c4cncnc43)cc21. The molecule has 0 fully saturated rings. The highest BCUT2D eigenvalue weighted by Gasteiger charge is 2.35. The van der Waals surface area contributed by atoms with E-state index in [9.17, 15) is 0 Å². The van der Waals surface area contributed by atoms with Crippen molar-refractivity contribution in [3.8, 4) is 33.6 Å². The molecule has 1 aliphatic carbocycles. The third-order valence-electron chi connectivity index (χ3n) is 10.2. The van der Waals surface area contributed by atoms with E-state index >= 15 is 0 Å². The van der Waals surface area contributed by atoms with Gasteiger partial charge in [0.2, 0.25) is 0 Å². The first-order valence-corrected chi connectivity index (χ1v) is 16.0. The minimum Gasteiger partial charge on any atom is -0.308 e. The summed E-state index contributed by atoms with van der Waals surface area (Å²) in [6, 6.07) is 41.8. The van der Waals surface area contributed by atoms with Gasteiger partial charge in [-0.05, 0) is 88.0 Å². The molecule has 10 rings (SSSR count). The highest BCUT2D eigenvalue weighted by Crippen LogP contribution is 2.49. The molecule has 5 nitrogen and oxygen atoms in total. The summed E-state index contributed by atoms with van der Waals surface area (Å²) in [5.74, 6) is 0. The van der Waals surface area contributed by atoms with Crippen LogP contribution in [-0.4, -0.2) is 24.1 Å². The largest absolute Gasteiger partial charge is 0.308 e. The number of hydrogen-bond donors (Lipinski definition) is 0. The lowest BCUT2D eigenvalue weighted by Crippen LogP contribution is -2.15. The van der Waals surface area contributed by atoms with Gasteiger partial charge in [-0.25, -0.2) is 9.97 Å². The minimum atomic E-state index is -0.0822. The number of benzene rings is 5. The first-order chi connectivity index (χ1) is 23.1. The van der Waals surface area contributed by atoms with Crippen molar-refractivity contribution >= 4 is 43.7 Å². The van der Waals surface area contributed by atoms with E-state index in [-0.39, 0.29) is 5.41 Å². The molecule has 0 atom stereocenters. The number of aromatic nitrogens is 5. The van der Waals surface area contributed by atoms with Crippen molar-refractivity contribution in [3.05, 3.63) is 151 Å². The fourth-order valence-electron chi connectivity index (χ4n) is 7.93. The van der Waals surface area contributed by atoms with Crippen molar-refractivity contribution in [2.75, 3.05) is 0 Å². The first-order valence-electron chi connectivity index (χ1n) is 16.0. The molecule has 0 bridgehead atoms. The fraction of sp³-hybridized carbons (Fsp3) is 0.0714. The lowest BCUT2D eigenvalue weighted by molar-refractivity contribution is 0.660. The number of fused-ring (bicyclic) bond motifs is 9. The Kier molecular flexibility index (Phi) is 5.28. The molecule has 0 amide bonds. The van der Waals surface area contributed by atoms with Gasteiger partial charge in [0.15, 0.2) is 0 Å². The van der Waals surface area contributed by atoms with E-state index in [1.165, 1.54) is 33.0 Å². The predicted octanol–water partition coefficient (Wildman–Crippen LogP) is 10.0. The Balaban J connectivity index is 1.15. The zero-order chi connectivity index (χ0) is 31.3. The van der Waals surface area contributed by atoms with Crippen molar-refractivity contribution < 1.29 is 0 Å². The second-order valence-electron chi connectivity index (χ2n) is 13.0. The normalized spacial score (nSPS) is 13.5. The smallest absolute Gasteiger partial charge is 0.148 e. The number of para-hydroxylation sites is 1. The molecule has 0 radical (unpaired) electrons. The maximum atomic E-state index is 4.82. The first kappa shape index (κ1) is 26.2. The summed E-state index contributed by atoms with van der Waals surface area (Å²) < 4.78 is 4.59. The summed E-state index contributed by atoms with van der Waals surface area (Å²) >= 11 is 0. The van der Waals surface area contributed by atoms with E-state index in [1.807, 2.05) is 18.6 Å². The number of pyridine rings is 1. The quantitative estimate of drug-likeness (QED) is 0.202. The topological polar surface area (TPSA) is 48.5 Å². The monoisotopic (exact) mass is 603 g/mol. The van der Waals surface area contributed by atoms with Gasteiger partial charge >= 0.3 is 0 Å². The summed E-state index contributed by atoms with van der Waals surface area (Å²) in [6.45, 7) is 4.65. The van der Waals surface area contributed by atoms with Crippen LogP contribution in [0.5, 0.6) is 0 Å². The van der Waals surface area contributed by atoms with Gasteiger partial charge in [0.1, 0.15) is 12.0 Å². The molecule has 4 aromatic heterocycles. The molecule has 0 saturated heterocycles. The van der Waals surface area contributed by atoms with Crippen molar-refractivity contribution in [3.63, 3.8) is 0 Å². The fourth-order valence-corrected chi connectivity index (χ4v) is 7.93. The Morgan fingerprint density at radius 3 is 2.06 bits per heavy atom. The van der Waals surface area contributed by atoms with Crippen molar-refractivity contribution in [1.82, 2.24) is 24.1 Å². The van der Waals surface area contributed by atoms with Crippen LogP contribution in [0.15, 0.2) is 140 Å². The third kappa shape index (κ3) is 3.62. The zero-order valence-electron chi connectivity index (χ0n) is 26.0. The maximum absolute atomic E-state index is 4.82. The molecule has 47 heavy (non-hydrogen) atoms. The average molecular weight is 604 g/mol. The van der Waals surface area contributed by atoms with Crippen molar-refractivity contribution in [2.24, 2.45) is 0 Å². The van der Waals surface area contributed by atoms with Gasteiger partial charge in [0, 0.05) is 50.7 Å². The van der Waals surface area contributed by atoms with Crippen LogP contribution in [0.2, 0.25) is 0 Å². The Bertz CT molecular complexity index is 2710. The van der Waals surface area contributed by atoms with Crippen LogP contribution in [-0.2, 0) is 5.41 Å². The van der Waals surface area contributed by atoms with E-state index < -0.39 is 0 Å². The molecule has 5 aromatic carbocycles. The molecule has 9 aromatic rings. The van der Waals surface area contributed by atoms with Gasteiger partial charge in [-0.3, -0.25) is 9.55 Å². The Morgan fingerprint density at radius 2 is 1.23 bits per heavy atom. The van der Waals surface area contributed by atoms with Crippen LogP contribution in [0.3, 0.4) is 0 Å². The van der Waals surface area contributed by atoms with E-state index in [0.717, 1.165) is 55.5 Å². The van der Waals surface area contributed by atoms with Gasteiger partial charge in [-0.2, -0.15) is 0 Å². The molecule has 0 N–H and O–H groups in total. The summed E-state index contributed by atoms with van der Waals surface area (Å²) in [4.78, 5) is 13.7. The highest BCUT2D eigenvalue weighted by molar-refractivity contribution is 6.12. The second-order valence-corrected chi connectivity index (χ2v) is 13.0. The summed E-state index contributed by atoms with van der Waals surface area (Å²) in [7, 11) is 0. The van der Waals surface area contributed by atoms with E-state index in [2.05, 4.69) is 148 Å². The maximum Gasteiger partial charge on any atom is 0.148 e. The van der Waals surface area contributed by atoms with Crippen LogP contribution in [0.4, 0.5) is 0 Å². The van der Waals surface area contributed by atoms with Crippen LogP contribution >= 0.6 is 0 Å². The van der Waals surface area contributed by atoms with Gasteiger partial charge < -0.3 is 4.57 Å². The van der Waals surface area contributed by atoms with Crippen molar-refractivity contribution in [1.29, 1.82) is 0 Å².